The highest BCUT2D eigenvalue weighted by Gasteiger charge is 2.20. The van der Waals surface area contributed by atoms with E-state index in [1.54, 1.807) is 0 Å². The molecule has 1 aromatic carbocycles. The highest BCUT2D eigenvalue weighted by molar-refractivity contribution is 8.01. The lowest BCUT2D eigenvalue weighted by Gasteiger charge is -2.12. The first-order chi connectivity index (χ1) is 11.1. The Hall–Kier alpha value is -1.93. The number of methoxy groups -OCH3 is 1. The van der Waals surface area contributed by atoms with Crippen LogP contribution in [0.2, 0.25) is 0 Å². The minimum absolute atomic E-state index is 0.147. The minimum atomic E-state index is -0.344. The van der Waals surface area contributed by atoms with Gasteiger partial charge in [0.25, 0.3) is 0 Å². The number of thioether (sulfide) groups is 1. The fourth-order valence-corrected chi connectivity index (χ4v) is 3.42. The number of rotatable bonds is 7. The number of esters is 1. The van der Waals surface area contributed by atoms with Crippen LogP contribution >= 0.6 is 23.1 Å². The van der Waals surface area contributed by atoms with E-state index in [0.29, 0.717) is 11.6 Å². The second kappa shape index (κ2) is 8.64. The number of hydrogen-bond acceptors (Lipinski definition) is 7. The number of nitrogens with zero attached hydrogens (tertiary/aromatic N) is 2. The Morgan fingerprint density at radius 3 is 2.70 bits per heavy atom. The predicted octanol–water partition coefficient (Wildman–Crippen LogP) is 2.83. The smallest absolute Gasteiger partial charge is 0.315 e. The van der Waals surface area contributed by atoms with Gasteiger partial charge in [0.05, 0.1) is 18.1 Å². The van der Waals surface area contributed by atoms with E-state index in [9.17, 15) is 9.59 Å². The van der Waals surface area contributed by atoms with Crippen LogP contribution in [0.4, 0.5) is 5.13 Å². The summed E-state index contributed by atoms with van der Waals surface area (Å²) in [5, 5.41) is 11.7. The molecule has 2 aromatic rings. The van der Waals surface area contributed by atoms with Gasteiger partial charge in [-0.05, 0) is 6.42 Å². The summed E-state index contributed by atoms with van der Waals surface area (Å²) < 4.78 is 4.58. The van der Waals surface area contributed by atoms with Gasteiger partial charge in [0.2, 0.25) is 11.0 Å². The molecular weight excluding hydrogens is 334 g/mol. The zero-order valence-corrected chi connectivity index (χ0v) is 14.4. The van der Waals surface area contributed by atoms with E-state index in [-0.39, 0.29) is 22.9 Å². The van der Waals surface area contributed by atoms with Crippen LogP contribution in [0, 0.1) is 0 Å². The molecule has 1 amide bonds. The fourth-order valence-electron chi connectivity index (χ4n) is 1.76. The third kappa shape index (κ3) is 5.04. The normalized spacial score (nSPS) is 11.7. The van der Waals surface area contributed by atoms with Gasteiger partial charge in [-0.15, -0.1) is 22.0 Å². The average Bonchev–Trinajstić information content (AvgIpc) is 3.04. The summed E-state index contributed by atoms with van der Waals surface area (Å²) in [4.78, 5) is 23.4. The van der Waals surface area contributed by atoms with Gasteiger partial charge < -0.3 is 4.74 Å². The van der Waals surface area contributed by atoms with Crippen molar-refractivity contribution in [2.24, 2.45) is 0 Å². The molecule has 0 saturated carbocycles. The average molecular weight is 351 g/mol. The van der Waals surface area contributed by atoms with E-state index in [1.807, 2.05) is 37.3 Å². The number of ether oxygens (including phenoxy) is 1. The summed E-state index contributed by atoms with van der Waals surface area (Å²) in [6, 6.07) is 9.65. The van der Waals surface area contributed by atoms with Crippen molar-refractivity contribution in [3.63, 3.8) is 0 Å². The predicted molar refractivity (Wildman–Crippen MR) is 92.5 cm³/mol. The maximum absolute atomic E-state index is 12.2. The molecule has 0 aliphatic carbocycles. The van der Waals surface area contributed by atoms with E-state index in [4.69, 9.17) is 0 Å². The lowest BCUT2D eigenvalue weighted by Crippen LogP contribution is -2.25. The number of hydrogen-bond donors (Lipinski definition) is 1. The molecule has 1 N–H and O–H groups in total. The number of aromatic nitrogens is 2. The molecule has 0 aliphatic heterocycles. The van der Waals surface area contributed by atoms with E-state index in [1.165, 1.54) is 30.2 Å². The Morgan fingerprint density at radius 2 is 2.04 bits per heavy atom. The van der Waals surface area contributed by atoms with Crippen LogP contribution in [-0.4, -0.2) is 40.2 Å². The molecular formula is C15H17N3O3S2. The third-order valence-corrected chi connectivity index (χ3v) is 5.21. The van der Waals surface area contributed by atoms with Gasteiger partial charge in [0.15, 0.2) is 0 Å². The summed E-state index contributed by atoms with van der Waals surface area (Å²) >= 11 is 2.57. The molecule has 0 saturated heterocycles. The third-order valence-electron chi connectivity index (χ3n) is 2.97. The molecule has 1 aromatic heterocycles. The summed E-state index contributed by atoms with van der Waals surface area (Å²) in [5.41, 5.74) is 0.956. The summed E-state index contributed by atoms with van der Waals surface area (Å²) in [6.45, 7) is 1.89. The van der Waals surface area contributed by atoms with E-state index >= 15 is 0 Å². The van der Waals surface area contributed by atoms with Crippen LogP contribution in [0.3, 0.4) is 0 Å². The SMILES string of the molecule is CC[C@H](SCC(=O)OC)C(=O)Nc1nnc(-c2ccccc2)s1. The number of carbonyl (C=O) groups is 2. The first kappa shape index (κ1) is 17.4. The van der Waals surface area contributed by atoms with Gasteiger partial charge in [-0.2, -0.15) is 0 Å². The van der Waals surface area contributed by atoms with Crippen molar-refractivity contribution in [3.05, 3.63) is 30.3 Å². The molecule has 23 heavy (non-hydrogen) atoms. The molecule has 0 spiro atoms. The lowest BCUT2D eigenvalue weighted by molar-refractivity contribution is -0.137. The van der Waals surface area contributed by atoms with Crippen molar-refractivity contribution < 1.29 is 14.3 Å². The van der Waals surface area contributed by atoms with Gasteiger partial charge in [0, 0.05) is 5.56 Å². The van der Waals surface area contributed by atoms with Crippen molar-refractivity contribution in [2.45, 2.75) is 18.6 Å². The zero-order valence-electron chi connectivity index (χ0n) is 12.8. The topological polar surface area (TPSA) is 81.2 Å². The number of carbonyl (C=O) groups excluding carboxylic acids is 2. The van der Waals surface area contributed by atoms with Crippen molar-refractivity contribution in [1.29, 1.82) is 0 Å². The van der Waals surface area contributed by atoms with E-state index < -0.39 is 0 Å². The monoisotopic (exact) mass is 351 g/mol. The minimum Gasteiger partial charge on any atom is -0.468 e. The molecule has 1 heterocycles. The molecule has 6 nitrogen and oxygen atoms in total. The van der Waals surface area contributed by atoms with Crippen LogP contribution in [-0.2, 0) is 14.3 Å². The number of amides is 1. The second-order valence-corrected chi connectivity index (χ2v) is 6.72. The Bertz CT molecular complexity index is 661. The first-order valence-corrected chi connectivity index (χ1v) is 8.88. The Morgan fingerprint density at radius 1 is 1.30 bits per heavy atom. The van der Waals surface area contributed by atoms with Crippen molar-refractivity contribution in [3.8, 4) is 10.6 Å². The highest BCUT2D eigenvalue weighted by Crippen LogP contribution is 2.26. The standard InChI is InChI=1S/C15H17N3O3S2/c1-3-11(22-9-12(19)21-2)13(20)16-15-18-17-14(23-15)10-7-5-4-6-8-10/h4-8,11H,3,9H2,1-2H3,(H,16,18,20)/t11-/m0/s1. The molecule has 0 fully saturated rings. The number of benzene rings is 1. The Labute approximate surface area is 142 Å². The maximum atomic E-state index is 12.2. The quantitative estimate of drug-likeness (QED) is 0.773. The van der Waals surface area contributed by atoms with Gasteiger partial charge >= 0.3 is 5.97 Å². The van der Waals surface area contributed by atoms with Crippen LogP contribution in [0.15, 0.2) is 30.3 Å². The molecule has 8 heteroatoms. The first-order valence-electron chi connectivity index (χ1n) is 7.02. The summed E-state index contributed by atoms with van der Waals surface area (Å²) in [6.07, 6.45) is 0.609. The zero-order chi connectivity index (χ0) is 16.7. The van der Waals surface area contributed by atoms with Crippen LogP contribution in [0.5, 0.6) is 0 Å². The van der Waals surface area contributed by atoms with Crippen LogP contribution in [0.1, 0.15) is 13.3 Å². The van der Waals surface area contributed by atoms with Crippen LogP contribution in [0.25, 0.3) is 10.6 Å². The fraction of sp³-hybridized carbons (Fsp3) is 0.333. The number of anilines is 1. The Balaban J connectivity index is 1.96. The van der Waals surface area contributed by atoms with Gasteiger partial charge in [-0.3, -0.25) is 14.9 Å². The largest absolute Gasteiger partial charge is 0.468 e. The highest BCUT2D eigenvalue weighted by atomic mass is 32.2. The molecule has 122 valence electrons. The Kier molecular flexibility index (Phi) is 6.54. The van der Waals surface area contributed by atoms with Gasteiger partial charge in [-0.25, -0.2) is 0 Å². The van der Waals surface area contributed by atoms with Crippen LogP contribution < -0.4 is 5.32 Å². The number of nitrogens with one attached hydrogen (secondary N) is 1. The van der Waals surface area contributed by atoms with Gasteiger partial charge in [0.1, 0.15) is 5.01 Å². The van der Waals surface area contributed by atoms with E-state index in [0.717, 1.165) is 10.6 Å². The van der Waals surface area contributed by atoms with Crippen molar-refractivity contribution in [2.75, 3.05) is 18.2 Å². The van der Waals surface area contributed by atoms with Gasteiger partial charge in [-0.1, -0.05) is 48.6 Å². The van der Waals surface area contributed by atoms with Crippen molar-refractivity contribution in [1.82, 2.24) is 10.2 Å². The molecule has 0 unspecified atom stereocenters. The lowest BCUT2D eigenvalue weighted by atomic mass is 10.2. The molecule has 0 bridgehead atoms. The van der Waals surface area contributed by atoms with Crippen molar-refractivity contribution >= 4 is 40.1 Å². The summed E-state index contributed by atoms with van der Waals surface area (Å²) in [5.74, 6) is -0.380. The molecule has 1 atom stereocenters. The maximum Gasteiger partial charge on any atom is 0.315 e. The van der Waals surface area contributed by atoms with E-state index in [2.05, 4.69) is 20.3 Å². The second-order valence-electron chi connectivity index (χ2n) is 4.55. The molecule has 0 aliphatic rings. The summed E-state index contributed by atoms with van der Waals surface area (Å²) in [7, 11) is 1.33. The molecule has 0 radical (unpaired) electrons. The molecule has 2 rings (SSSR count).